The van der Waals surface area contributed by atoms with Gasteiger partial charge in [-0.25, -0.2) is 9.37 Å². The molecule has 25 heavy (non-hydrogen) atoms. The number of anilines is 1. The van der Waals surface area contributed by atoms with Gasteiger partial charge >= 0.3 is 0 Å². The van der Waals surface area contributed by atoms with Crippen LogP contribution in [0.3, 0.4) is 0 Å². The van der Waals surface area contributed by atoms with Crippen molar-refractivity contribution in [2.45, 2.75) is 13.0 Å². The fraction of sp³-hybridized carbons (Fsp3) is 0.250. The van der Waals surface area contributed by atoms with Crippen LogP contribution < -0.4 is 9.64 Å². The molecule has 0 N–H and O–H groups in total. The number of benzene rings is 2. The molecular weight excluding hydrogens is 317 g/mol. The third kappa shape index (κ3) is 2.86. The molecule has 0 saturated carbocycles. The molecule has 0 fully saturated rings. The van der Waals surface area contributed by atoms with Crippen molar-refractivity contribution in [2.24, 2.45) is 7.05 Å². The maximum Gasteiger partial charge on any atom is 0.140 e. The Morgan fingerprint density at radius 1 is 1.12 bits per heavy atom. The summed E-state index contributed by atoms with van der Waals surface area (Å²) in [4.78, 5) is 7.14. The van der Waals surface area contributed by atoms with E-state index >= 15 is 0 Å². The van der Waals surface area contributed by atoms with Crippen LogP contribution in [0.25, 0.3) is 11.4 Å². The number of hydrogen-bond acceptors (Lipinski definition) is 3. The van der Waals surface area contributed by atoms with E-state index < -0.39 is 0 Å². The fourth-order valence-corrected chi connectivity index (χ4v) is 3.37. The van der Waals surface area contributed by atoms with Gasteiger partial charge in [-0.1, -0.05) is 6.07 Å². The molecule has 4 nitrogen and oxygen atoms in total. The number of aromatic nitrogens is 2. The second-order valence-electron chi connectivity index (χ2n) is 6.27. The van der Waals surface area contributed by atoms with Crippen LogP contribution in [0.1, 0.15) is 11.4 Å². The van der Waals surface area contributed by atoms with Crippen molar-refractivity contribution in [1.29, 1.82) is 0 Å². The summed E-state index contributed by atoms with van der Waals surface area (Å²) in [5.74, 6) is 1.52. The van der Waals surface area contributed by atoms with Crippen molar-refractivity contribution in [1.82, 2.24) is 9.55 Å². The van der Waals surface area contributed by atoms with E-state index in [1.54, 1.807) is 19.2 Å². The molecule has 1 aliphatic heterocycles. The van der Waals surface area contributed by atoms with Crippen LogP contribution >= 0.6 is 0 Å². The van der Waals surface area contributed by atoms with E-state index in [0.29, 0.717) is 0 Å². The van der Waals surface area contributed by atoms with Gasteiger partial charge in [-0.2, -0.15) is 0 Å². The smallest absolute Gasteiger partial charge is 0.140 e. The van der Waals surface area contributed by atoms with Gasteiger partial charge in [-0.05, 0) is 36.4 Å². The third-order valence-corrected chi connectivity index (χ3v) is 4.78. The molecule has 0 amide bonds. The maximum absolute atomic E-state index is 13.2. The van der Waals surface area contributed by atoms with Gasteiger partial charge in [0.15, 0.2) is 0 Å². The summed E-state index contributed by atoms with van der Waals surface area (Å²) in [6.07, 6.45) is 0.890. The van der Waals surface area contributed by atoms with E-state index in [1.165, 1.54) is 17.8 Å². The average Bonchev–Trinajstić information content (AvgIpc) is 2.98. The largest absolute Gasteiger partial charge is 0.497 e. The molecular formula is C20H20FN3O. The van der Waals surface area contributed by atoms with Gasteiger partial charge in [0.25, 0.3) is 0 Å². The number of imidazole rings is 1. The SMILES string of the molecule is COc1cccc(N2CCc3nc(-c4ccc(F)cc4)n(C)c3C2)c1. The lowest BCUT2D eigenvalue weighted by molar-refractivity contribution is 0.414. The summed E-state index contributed by atoms with van der Waals surface area (Å²) in [5.41, 5.74) is 4.41. The Morgan fingerprint density at radius 3 is 2.68 bits per heavy atom. The first-order chi connectivity index (χ1) is 12.2. The van der Waals surface area contributed by atoms with Crippen LogP contribution in [-0.2, 0) is 20.0 Å². The van der Waals surface area contributed by atoms with Crippen molar-refractivity contribution in [2.75, 3.05) is 18.6 Å². The van der Waals surface area contributed by atoms with E-state index in [1.807, 2.05) is 19.2 Å². The Kier molecular flexibility index (Phi) is 3.92. The maximum atomic E-state index is 13.2. The van der Waals surface area contributed by atoms with Crippen molar-refractivity contribution in [3.63, 3.8) is 0 Å². The third-order valence-electron chi connectivity index (χ3n) is 4.78. The molecule has 0 atom stereocenters. The second kappa shape index (κ2) is 6.24. The normalized spacial score (nSPS) is 13.6. The highest BCUT2D eigenvalue weighted by Crippen LogP contribution is 2.29. The van der Waals surface area contributed by atoms with Gasteiger partial charge < -0.3 is 14.2 Å². The number of rotatable bonds is 3. The first-order valence-electron chi connectivity index (χ1n) is 8.35. The standard InChI is InChI=1S/C20H20FN3O/c1-23-19-13-24(16-4-3-5-17(12-16)25-2)11-10-18(19)22-20(23)14-6-8-15(21)9-7-14/h3-9,12H,10-11,13H2,1-2H3. The van der Waals surface area contributed by atoms with Gasteiger partial charge in [0.2, 0.25) is 0 Å². The topological polar surface area (TPSA) is 30.3 Å². The quantitative estimate of drug-likeness (QED) is 0.728. The molecule has 128 valence electrons. The Hall–Kier alpha value is -2.82. The number of fused-ring (bicyclic) bond motifs is 1. The van der Waals surface area contributed by atoms with Gasteiger partial charge in [-0.15, -0.1) is 0 Å². The number of nitrogens with zero attached hydrogens (tertiary/aromatic N) is 3. The zero-order valence-electron chi connectivity index (χ0n) is 14.4. The first kappa shape index (κ1) is 15.7. The summed E-state index contributed by atoms with van der Waals surface area (Å²) < 4.78 is 20.6. The van der Waals surface area contributed by atoms with Gasteiger partial charge in [0, 0.05) is 37.3 Å². The molecule has 0 saturated heterocycles. The molecule has 0 unspecified atom stereocenters. The van der Waals surface area contributed by atoms with E-state index in [9.17, 15) is 4.39 Å². The molecule has 0 spiro atoms. The molecule has 2 aromatic carbocycles. The fourth-order valence-electron chi connectivity index (χ4n) is 3.37. The monoisotopic (exact) mass is 337 g/mol. The van der Waals surface area contributed by atoms with Crippen molar-refractivity contribution < 1.29 is 9.13 Å². The van der Waals surface area contributed by atoms with Crippen molar-refractivity contribution >= 4 is 5.69 Å². The molecule has 5 heteroatoms. The van der Waals surface area contributed by atoms with Crippen LogP contribution in [0, 0.1) is 5.82 Å². The highest BCUT2D eigenvalue weighted by Gasteiger charge is 2.23. The van der Waals surface area contributed by atoms with E-state index in [-0.39, 0.29) is 5.82 Å². The number of ether oxygens (including phenoxy) is 1. The van der Waals surface area contributed by atoms with E-state index in [4.69, 9.17) is 9.72 Å². The van der Waals surface area contributed by atoms with Crippen LogP contribution in [0.15, 0.2) is 48.5 Å². The summed E-state index contributed by atoms with van der Waals surface area (Å²) in [6, 6.07) is 14.6. The average molecular weight is 337 g/mol. The van der Waals surface area contributed by atoms with Crippen molar-refractivity contribution in [3.8, 4) is 17.1 Å². The van der Waals surface area contributed by atoms with Gasteiger partial charge in [0.1, 0.15) is 17.4 Å². The number of hydrogen-bond donors (Lipinski definition) is 0. The van der Waals surface area contributed by atoms with E-state index in [0.717, 1.165) is 48.0 Å². The Bertz CT molecular complexity index is 902. The van der Waals surface area contributed by atoms with Crippen LogP contribution in [0.5, 0.6) is 5.75 Å². The lowest BCUT2D eigenvalue weighted by Crippen LogP contribution is -2.31. The first-order valence-corrected chi connectivity index (χ1v) is 8.35. The minimum absolute atomic E-state index is 0.230. The minimum Gasteiger partial charge on any atom is -0.497 e. The van der Waals surface area contributed by atoms with E-state index in [2.05, 4.69) is 21.6 Å². The Balaban J connectivity index is 1.66. The highest BCUT2D eigenvalue weighted by atomic mass is 19.1. The number of methoxy groups -OCH3 is 1. The van der Waals surface area contributed by atoms with Crippen LogP contribution in [-0.4, -0.2) is 23.2 Å². The molecule has 0 radical (unpaired) electrons. The predicted molar refractivity (Wildman–Crippen MR) is 96.4 cm³/mol. The zero-order valence-corrected chi connectivity index (χ0v) is 14.4. The number of halogens is 1. The molecule has 1 aliphatic rings. The molecule has 2 heterocycles. The molecule has 3 aromatic rings. The van der Waals surface area contributed by atoms with Gasteiger partial charge in [0.05, 0.1) is 25.0 Å². The molecule has 0 aliphatic carbocycles. The summed E-state index contributed by atoms with van der Waals surface area (Å²) in [7, 11) is 3.71. The minimum atomic E-state index is -0.230. The zero-order chi connectivity index (χ0) is 17.4. The molecule has 1 aromatic heterocycles. The molecule has 0 bridgehead atoms. The summed E-state index contributed by atoms with van der Waals surface area (Å²) >= 11 is 0. The predicted octanol–water partition coefficient (Wildman–Crippen LogP) is 3.80. The van der Waals surface area contributed by atoms with Crippen molar-refractivity contribution in [3.05, 3.63) is 65.7 Å². The molecule has 4 rings (SSSR count). The Labute approximate surface area is 146 Å². The summed E-state index contributed by atoms with van der Waals surface area (Å²) in [6.45, 7) is 1.72. The Morgan fingerprint density at radius 2 is 1.92 bits per heavy atom. The van der Waals surface area contributed by atoms with Crippen LogP contribution in [0.2, 0.25) is 0 Å². The van der Waals surface area contributed by atoms with Crippen LogP contribution in [0.4, 0.5) is 10.1 Å². The lowest BCUT2D eigenvalue weighted by atomic mass is 10.1. The second-order valence-corrected chi connectivity index (χ2v) is 6.27. The summed E-state index contributed by atoms with van der Waals surface area (Å²) in [5, 5.41) is 0. The van der Waals surface area contributed by atoms with Gasteiger partial charge in [-0.3, -0.25) is 0 Å². The highest BCUT2D eigenvalue weighted by molar-refractivity contribution is 5.58. The lowest BCUT2D eigenvalue weighted by Gasteiger charge is -2.29.